The minimum atomic E-state index is 0.0759. The van der Waals surface area contributed by atoms with Crippen LogP contribution in [0.15, 0.2) is 95.5 Å². The molecule has 3 aromatic heterocycles. The van der Waals surface area contributed by atoms with Crippen molar-refractivity contribution in [2.24, 2.45) is 0 Å². The summed E-state index contributed by atoms with van der Waals surface area (Å²) in [5.74, 6) is 1.36. The molecule has 3 aromatic carbocycles. The Labute approximate surface area is 209 Å². The lowest BCUT2D eigenvalue weighted by molar-refractivity contribution is 0.590. The van der Waals surface area contributed by atoms with Crippen molar-refractivity contribution in [2.75, 3.05) is 0 Å². The minimum absolute atomic E-state index is 0.0759. The first-order valence-corrected chi connectivity index (χ1v) is 12.0. The second kappa shape index (κ2) is 8.61. The summed E-state index contributed by atoms with van der Waals surface area (Å²) < 4.78 is 7.81. The zero-order chi connectivity index (χ0) is 24.7. The van der Waals surface area contributed by atoms with Crippen molar-refractivity contribution in [3.63, 3.8) is 0 Å². The van der Waals surface area contributed by atoms with Crippen molar-refractivity contribution in [1.82, 2.24) is 19.6 Å². The van der Waals surface area contributed by atoms with E-state index in [4.69, 9.17) is 9.40 Å². The molecule has 0 spiro atoms. The molecule has 0 fully saturated rings. The number of aromatic nitrogens is 4. The molecule has 0 bridgehead atoms. The van der Waals surface area contributed by atoms with Gasteiger partial charge in [0.2, 0.25) is 5.89 Å². The zero-order valence-electron chi connectivity index (χ0n) is 20.5. The van der Waals surface area contributed by atoms with Crippen LogP contribution in [0.3, 0.4) is 0 Å². The van der Waals surface area contributed by atoms with Gasteiger partial charge in [-0.1, -0.05) is 81.5 Å². The molecular weight excluding hydrogens is 444 g/mol. The predicted molar refractivity (Wildman–Crippen MR) is 145 cm³/mol. The van der Waals surface area contributed by atoms with Gasteiger partial charge in [-0.3, -0.25) is 0 Å². The maximum absolute atomic E-state index is 6.02. The number of oxazole rings is 1. The number of rotatable bonds is 4. The highest BCUT2D eigenvalue weighted by Crippen LogP contribution is 2.29. The molecule has 0 aliphatic rings. The molecule has 0 atom stereocenters. The van der Waals surface area contributed by atoms with E-state index in [0.717, 1.165) is 44.8 Å². The largest absolute Gasteiger partial charge is 0.436 e. The standard InChI is InChI=1S/C31H26N4O/c1-31(2,3)25-17-18-27-26(20-25)32-30(36-27)24-15-11-22(12-16-24)8-7-21-9-13-23(14-10-21)29-33-28-6-4-5-19-35(28)34-29/h4-20H,1-3H3. The molecule has 0 amide bonds. The van der Waals surface area contributed by atoms with Crippen LogP contribution in [-0.4, -0.2) is 19.6 Å². The summed E-state index contributed by atoms with van der Waals surface area (Å²) in [6.45, 7) is 6.61. The van der Waals surface area contributed by atoms with Gasteiger partial charge in [0.1, 0.15) is 5.52 Å². The first kappa shape index (κ1) is 22.0. The molecule has 36 heavy (non-hydrogen) atoms. The van der Waals surface area contributed by atoms with Gasteiger partial charge in [-0.15, -0.1) is 5.10 Å². The second-order valence-electron chi connectivity index (χ2n) is 9.97. The normalized spacial score (nSPS) is 12.2. The summed E-state index contributed by atoms with van der Waals surface area (Å²) in [6, 6.07) is 28.6. The van der Waals surface area contributed by atoms with Crippen molar-refractivity contribution in [3.8, 4) is 22.8 Å². The van der Waals surface area contributed by atoms with E-state index in [1.165, 1.54) is 5.56 Å². The van der Waals surface area contributed by atoms with Gasteiger partial charge >= 0.3 is 0 Å². The fourth-order valence-electron chi connectivity index (χ4n) is 4.14. The first-order valence-electron chi connectivity index (χ1n) is 12.0. The Balaban J connectivity index is 1.18. The van der Waals surface area contributed by atoms with Gasteiger partial charge in [0.15, 0.2) is 17.1 Å². The minimum Gasteiger partial charge on any atom is -0.436 e. The van der Waals surface area contributed by atoms with Gasteiger partial charge in [0, 0.05) is 17.3 Å². The van der Waals surface area contributed by atoms with Crippen molar-refractivity contribution in [2.45, 2.75) is 26.2 Å². The highest BCUT2D eigenvalue weighted by atomic mass is 16.3. The smallest absolute Gasteiger partial charge is 0.227 e. The lowest BCUT2D eigenvalue weighted by Gasteiger charge is -2.18. The average molecular weight is 471 g/mol. The molecule has 0 saturated carbocycles. The maximum atomic E-state index is 6.02. The van der Waals surface area contributed by atoms with Gasteiger partial charge in [0.25, 0.3) is 0 Å². The van der Waals surface area contributed by atoms with E-state index in [1.54, 1.807) is 4.52 Å². The summed E-state index contributed by atoms with van der Waals surface area (Å²) in [6.07, 6.45) is 6.11. The van der Waals surface area contributed by atoms with E-state index in [9.17, 15) is 0 Å². The third kappa shape index (κ3) is 4.31. The van der Waals surface area contributed by atoms with Gasteiger partial charge < -0.3 is 4.42 Å². The van der Waals surface area contributed by atoms with Gasteiger partial charge in [-0.2, -0.15) is 0 Å². The van der Waals surface area contributed by atoms with E-state index < -0.39 is 0 Å². The molecule has 5 nitrogen and oxygen atoms in total. The number of hydrogen-bond acceptors (Lipinski definition) is 4. The molecular formula is C31H26N4O. The Hall–Kier alpha value is -4.51. The molecule has 0 aliphatic carbocycles. The van der Waals surface area contributed by atoms with Gasteiger partial charge in [0.05, 0.1) is 0 Å². The van der Waals surface area contributed by atoms with Crippen LogP contribution in [0.1, 0.15) is 37.5 Å². The van der Waals surface area contributed by atoms with Gasteiger partial charge in [-0.05, 0) is 58.5 Å². The molecule has 6 rings (SSSR count). The van der Waals surface area contributed by atoms with Crippen LogP contribution in [0.25, 0.3) is 51.7 Å². The Morgan fingerprint density at radius 2 is 1.44 bits per heavy atom. The molecule has 176 valence electrons. The highest BCUT2D eigenvalue weighted by Gasteiger charge is 2.16. The van der Waals surface area contributed by atoms with Crippen LogP contribution < -0.4 is 0 Å². The van der Waals surface area contributed by atoms with Crippen LogP contribution in [-0.2, 0) is 5.41 Å². The summed E-state index contributed by atoms with van der Waals surface area (Å²) in [7, 11) is 0. The maximum Gasteiger partial charge on any atom is 0.227 e. The lowest BCUT2D eigenvalue weighted by Crippen LogP contribution is -2.10. The number of nitrogens with zero attached hydrogens (tertiary/aromatic N) is 4. The van der Waals surface area contributed by atoms with Crippen molar-refractivity contribution < 1.29 is 4.42 Å². The molecule has 0 aliphatic heterocycles. The number of pyridine rings is 1. The molecule has 3 heterocycles. The van der Waals surface area contributed by atoms with E-state index in [0.29, 0.717) is 5.89 Å². The van der Waals surface area contributed by atoms with Gasteiger partial charge in [-0.25, -0.2) is 14.5 Å². The summed E-state index contributed by atoms with van der Waals surface area (Å²) in [4.78, 5) is 9.32. The van der Waals surface area contributed by atoms with E-state index >= 15 is 0 Å². The summed E-state index contributed by atoms with van der Waals surface area (Å²) in [5.41, 5.74) is 8.04. The lowest BCUT2D eigenvalue weighted by atomic mass is 9.87. The Morgan fingerprint density at radius 1 is 0.750 bits per heavy atom. The van der Waals surface area contributed by atoms with Crippen LogP contribution in [0.5, 0.6) is 0 Å². The third-order valence-electron chi connectivity index (χ3n) is 6.29. The molecule has 0 unspecified atom stereocenters. The van der Waals surface area contributed by atoms with Crippen molar-refractivity contribution >= 4 is 28.9 Å². The fourth-order valence-corrected chi connectivity index (χ4v) is 4.14. The van der Waals surface area contributed by atoms with E-state index in [2.05, 4.69) is 91.5 Å². The topological polar surface area (TPSA) is 56.2 Å². The number of hydrogen-bond donors (Lipinski definition) is 0. The quantitative estimate of drug-likeness (QED) is 0.248. The molecule has 6 aromatic rings. The fraction of sp³-hybridized carbons (Fsp3) is 0.129. The number of fused-ring (bicyclic) bond motifs is 2. The highest BCUT2D eigenvalue weighted by molar-refractivity contribution is 5.78. The molecule has 0 saturated heterocycles. The molecule has 0 radical (unpaired) electrons. The third-order valence-corrected chi connectivity index (χ3v) is 6.29. The Morgan fingerprint density at radius 3 is 2.11 bits per heavy atom. The Kier molecular flexibility index (Phi) is 5.26. The summed E-state index contributed by atoms with van der Waals surface area (Å²) >= 11 is 0. The van der Waals surface area contributed by atoms with E-state index in [1.807, 2.05) is 42.6 Å². The molecule has 5 heteroatoms. The van der Waals surface area contributed by atoms with Crippen LogP contribution in [0, 0.1) is 0 Å². The number of benzene rings is 3. The zero-order valence-corrected chi connectivity index (χ0v) is 20.5. The predicted octanol–water partition coefficient (Wildman–Crippen LogP) is 7.67. The van der Waals surface area contributed by atoms with Crippen molar-refractivity contribution in [3.05, 3.63) is 108 Å². The SMILES string of the molecule is CC(C)(C)c1ccc2oc(-c3ccc(C=Cc4ccc(-c5nc6ccccn6n5)cc4)cc3)nc2c1. The average Bonchev–Trinajstić information content (AvgIpc) is 3.51. The van der Waals surface area contributed by atoms with Crippen molar-refractivity contribution in [1.29, 1.82) is 0 Å². The summed E-state index contributed by atoms with van der Waals surface area (Å²) in [5, 5.41) is 4.54. The first-order chi connectivity index (χ1) is 17.4. The monoisotopic (exact) mass is 470 g/mol. The molecule has 0 N–H and O–H groups in total. The second-order valence-corrected chi connectivity index (χ2v) is 9.97. The Bertz CT molecular complexity index is 1670. The van der Waals surface area contributed by atoms with Crippen LogP contribution >= 0.6 is 0 Å². The van der Waals surface area contributed by atoms with E-state index in [-0.39, 0.29) is 5.41 Å². The van der Waals surface area contributed by atoms with Crippen LogP contribution in [0.2, 0.25) is 0 Å². The van der Waals surface area contributed by atoms with Crippen LogP contribution in [0.4, 0.5) is 0 Å².